The van der Waals surface area contributed by atoms with Crippen LogP contribution in [0, 0.1) is 23.3 Å². The van der Waals surface area contributed by atoms with Gasteiger partial charge in [-0.3, -0.25) is 0 Å². The Kier molecular flexibility index (Phi) is 3.90. The van der Waals surface area contributed by atoms with E-state index in [1.54, 1.807) is 0 Å². The lowest BCUT2D eigenvalue weighted by Crippen LogP contribution is -2.59. The molecule has 0 saturated carbocycles. The molecule has 2 aliphatic heterocycles. The molecule has 3 rings (SSSR count). The summed E-state index contributed by atoms with van der Waals surface area (Å²) in [6.07, 6.45) is 2.42. The Hall–Kier alpha value is -1.19. The molecule has 9 heteroatoms. The van der Waals surface area contributed by atoms with Gasteiger partial charge in [0, 0.05) is 31.2 Å². The highest BCUT2D eigenvalue weighted by Gasteiger charge is 2.40. The number of fused-ring (bicyclic) bond motifs is 2. The molecular weight excluding hydrogens is 324 g/mol. The van der Waals surface area contributed by atoms with Crippen molar-refractivity contribution >= 4 is 10.0 Å². The topological polar surface area (TPSA) is 49.4 Å². The molecule has 0 aliphatic carbocycles. The standard InChI is InChI=1S/C13H14F4N2O2S/c14-9-4-10(15)12(17)13(11(9)16)22(20,21)19-5-7-2-1-3-8(6-19)18-7/h4,7-8,18H,1-3,5-6H2. The zero-order valence-electron chi connectivity index (χ0n) is 11.5. The number of piperazine rings is 1. The van der Waals surface area contributed by atoms with Crippen molar-refractivity contribution in [3.8, 4) is 0 Å². The van der Waals surface area contributed by atoms with E-state index in [-0.39, 0.29) is 31.2 Å². The number of rotatable bonds is 2. The van der Waals surface area contributed by atoms with Crippen LogP contribution in [-0.2, 0) is 10.0 Å². The van der Waals surface area contributed by atoms with Gasteiger partial charge in [-0.15, -0.1) is 0 Å². The van der Waals surface area contributed by atoms with Crippen LogP contribution in [0.1, 0.15) is 19.3 Å². The molecule has 2 bridgehead atoms. The molecule has 1 aromatic rings. The molecule has 1 aromatic carbocycles. The van der Waals surface area contributed by atoms with Gasteiger partial charge in [0.2, 0.25) is 10.0 Å². The van der Waals surface area contributed by atoms with Crippen LogP contribution in [0.15, 0.2) is 11.0 Å². The number of hydrogen-bond donors (Lipinski definition) is 1. The minimum atomic E-state index is -4.65. The molecule has 122 valence electrons. The molecule has 2 atom stereocenters. The third-order valence-electron chi connectivity index (χ3n) is 4.09. The summed E-state index contributed by atoms with van der Waals surface area (Å²) in [6.45, 7) is 0.0473. The minimum Gasteiger partial charge on any atom is -0.309 e. The first-order valence-corrected chi connectivity index (χ1v) is 8.34. The van der Waals surface area contributed by atoms with Gasteiger partial charge in [0.15, 0.2) is 28.2 Å². The average molecular weight is 338 g/mol. The number of benzene rings is 1. The van der Waals surface area contributed by atoms with E-state index >= 15 is 0 Å². The highest BCUT2D eigenvalue weighted by atomic mass is 32.2. The number of sulfonamides is 1. The SMILES string of the molecule is O=S(=O)(c1c(F)c(F)cc(F)c1F)N1CC2CCCC(C1)N2. The second-order valence-electron chi connectivity index (χ2n) is 5.61. The molecule has 0 radical (unpaired) electrons. The Morgan fingerprint density at radius 1 is 1.00 bits per heavy atom. The van der Waals surface area contributed by atoms with Crippen LogP contribution < -0.4 is 5.32 Å². The maximum atomic E-state index is 13.8. The number of hydrogen-bond acceptors (Lipinski definition) is 3. The summed E-state index contributed by atoms with van der Waals surface area (Å²) < 4.78 is 79.9. The van der Waals surface area contributed by atoms with Crippen molar-refractivity contribution in [1.82, 2.24) is 9.62 Å². The van der Waals surface area contributed by atoms with E-state index in [0.29, 0.717) is 0 Å². The first-order chi connectivity index (χ1) is 10.3. The monoisotopic (exact) mass is 338 g/mol. The van der Waals surface area contributed by atoms with Crippen molar-refractivity contribution in [3.63, 3.8) is 0 Å². The van der Waals surface area contributed by atoms with Crippen molar-refractivity contribution in [2.75, 3.05) is 13.1 Å². The second-order valence-corrected chi connectivity index (χ2v) is 7.49. The first kappa shape index (κ1) is 15.7. The summed E-state index contributed by atoms with van der Waals surface area (Å²) in [5.41, 5.74) is 0. The van der Waals surface area contributed by atoms with Crippen LogP contribution in [0.5, 0.6) is 0 Å². The van der Waals surface area contributed by atoms with Crippen molar-refractivity contribution in [2.24, 2.45) is 0 Å². The zero-order valence-corrected chi connectivity index (χ0v) is 12.3. The van der Waals surface area contributed by atoms with Gasteiger partial charge in [-0.05, 0) is 12.8 Å². The first-order valence-electron chi connectivity index (χ1n) is 6.90. The Labute approximate surface area is 125 Å². The van der Waals surface area contributed by atoms with Gasteiger partial charge >= 0.3 is 0 Å². The molecule has 1 N–H and O–H groups in total. The number of nitrogens with zero attached hydrogens (tertiary/aromatic N) is 1. The van der Waals surface area contributed by atoms with Crippen molar-refractivity contribution < 1.29 is 26.0 Å². The van der Waals surface area contributed by atoms with E-state index in [0.717, 1.165) is 23.6 Å². The number of piperidine rings is 1. The fraction of sp³-hybridized carbons (Fsp3) is 0.538. The van der Waals surface area contributed by atoms with Crippen LogP contribution in [0.3, 0.4) is 0 Å². The van der Waals surface area contributed by atoms with Crippen LogP contribution >= 0.6 is 0 Å². The lowest BCUT2D eigenvalue weighted by atomic mass is 9.96. The summed E-state index contributed by atoms with van der Waals surface area (Å²) in [6, 6.07) is -0.241. The highest BCUT2D eigenvalue weighted by Crippen LogP contribution is 2.29. The molecule has 2 saturated heterocycles. The van der Waals surface area contributed by atoms with E-state index in [1.165, 1.54) is 0 Å². The number of halogens is 4. The van der Waals surface area contributed by atoms with E-state index in [4.69, 9.17) is 0 Å². The molecule has 0 aromatic heterocycles. The predicted molar refractivity (Wildman–Crippen MR) is 69.6 cm³/mol. The van der Waals surface area contributed by atoms with Gasteiger partial charge in [0.1, 0.15) is 0 Å². The van der Waals surface area contributed by atoms with Crippen LogP contribution in [-0.4, -0.2) is 37.9 Å². The summed E-state index contributed by atoms with van der Waals surface area (Å²) in [5, 5.41) is 3.22. The lowest BCUT2D eigenvalue weighted by molar-refractivity contribution is 0.189. The quantitative estimate of drug-likeness (QED) is 0.660. The Morgan fingerprint density at radius 2 is 1.50 bits per heavy atom. The summed E-state index contributed by atoms with van der Waals surface area (Å²) in [5.74, 6) is -7.23. The Balaban J connectivity index is 2.04. The summed E-state index contributed by atoms with van der Waals surface area (Å²) in [7, 11) is -4.65. The molecule has 2 unspecified atom stereocenters. The molecule has 0 amide bonds. The Bertz CT molecular complexity index is 672. The largest absolute Gasteiger partial charge is 0.309 e. The maximum Gasteiger partial charge on any atom is 0.249 e. The van der Waals surface area contributed by atoms with Gasteiger partial charge in [-0.25, -0.2) is 26.0 Å². The summed E-state index contributed by atoms with van der Waals surface area (Å²) >= 11 is 0. The van der Waals surface area contributed by atoms with Gasteiger partial charge in [-0.1, -0.05) is 6.42 Å². The summed E-state index contributed by atoms with van der Waals surface area (Å²) in [4.78, 5) is -1.55. The van der Waals surface area contributed by atoms with Crippen LogP contribution in [0.25, 0.3) is 0 Å². The molecule has 2 heterocycles. The molecule has 2 aliphatic rings. The fourth-order valence-corrected chi connectivity index (χ4v) is 4.73. The van der Waals surface area contributed by atoms with Crippen molar-refractivity contribution in [3.05, 3.63) is 29.3 Å². The van der Waals surface area contributed by atoms with E-state index in [1.807, 2.05) is 0 Å². The third kappa shape index (κ3) is 2.50. The number of nitrogens with one attached hydrogen (secondary N) is 1. The molecule has 2 fully saturated rings. The fourth-order valence-electron chi connectivity index (χ4n) is 3.07. The lowest BCUT2D eigenvalue weighted by Gasteiger charge is -2.41. The van der Waals surface area contributed by atoms with E-state index in [2.05, 4.69) is 5.32 Å². The maximum absolute atomic E-state index is 13.8. The average Bonchev–Trinajstić information content (AvgIpc) is 2.45. The van der Waals surface area contributed by atoms with Crippen molar-refractivity contribution in [2.45, 2.75) is 36.2 Å². The van der Waals surface area contributed by atoms with Crippen molar-refractivity contribution in [1.29, 1.82) is 0 Å². The molecular formula is C13H14F4N2O2S. The minimum absolute atomic E-state index is 0.00379. The van der Waals surface area contributed by atoms with E-state index < -0.39 is 38.2 Å². The normalized spacial score (nSPS) is 26.2. The Morgan fingerprint density at radius 3 is 2.00 bits per heavy atom. The van der Waals surface area contributed by atoms with Gasteiger partial charge in [0.05, 0.1) is 0 Å². The zero-order chi connectivity index (χ0) is 16.1. The highest BCUT2D eigenvalue weighted by molar-refractivity contribution is 7.89. The predicted octanol–water partition coefficient (Wildman–Crippen LogP) is 1.76. The van der Waals surface area contributed by atoms with E-state index in [9.17, 15) is 26.0 Å². The molecule has 4 nitrogen and oxygen atoms in total. The van der Waals surface area contributed by atoms with Crippen LogP contribution in [0.2, 0.25) is 0 Å². The second kappa shape index (κ2) is 5.47. The van der Waals surface area contributed by atoms with Gasteiger partial charge in [-0.2, -0.15) is 4.31 Å². The van der Waals surface area contributed by atoms with Crippen LogP contribution in [0.4, 0.5) is 17.6 Å². The molecule has 22 heavy (non-hydrogen) atoms. The molecule has 0 spiro atoms. The van der Waals surface area contributed by atoms with Gasteiger partial charge < -0.3 is 5.32 Å². The smallest absolute Gasteiger partial charge is 0.249 e. The van der Waals surface area contributed by atoms with Gasteiger partial charge in [0.25, 0.3) is 0 Å². The third-order valence-corrected chi connectivity index (χ3v) is 5.95.